The Bertz CT molecular complexity index is 1220. The van der Waals surface area contributed by atoms with Crippen LogP contribution in [-0.4, -0.2) is 15.5 Å². The first-order chi connectivity index (χ1) is 14.7. The van der Waals surface area contributed by atoms with Crippen molar-refractivity contribution in [3.8, 4) is 11.4 Å². The lowest BCUT2D eigenvalue weighted by atomic mass is 9.86. The van der Waals surface area contributed by atoms with Gasteiger partial charge in [0.05, 0.1) is 11.0 Å². The summed E-state index contributed by atoms with van der Waals surface area (Å²) in [5.74, 6) is 0.665. The number of halogens is 1. The van der Waals surface area contributed by atoms with E-state index in [0.29, 0.717) is 10.7 Å². The van der Waals surface area contributed by atoms with Crippen LogP contribution in [0.1, 0.15) is 39.3 Å². The normalized spacial score (nSPS) is 12.7. The highest BCUT2D eigenvalue weighted by Crippen LogP contribution is 2.31. The standard InChI is InChI=1S/C26H26ClN3O/c1-17(25(31)28-21-15-13-20(27)14-16-21)30-23-8-6-5-7-22(23)29-24(30)18-9-11-19(12-10-18)26(2,3)4/h5-17H,1-4H3,(H,28,31). The van der Waals surface area contributed by atoms with E-state index in [1.54, 1.807) is 24.3 Å². The number of para-hydroxylation sites is 2. The number of rotatable bonds is 4. The summed E-state index contributed by atoms with van der Waals surface area (Å²) in [6, 6.07) is 23.0. The van der Waals surface area contributed by atoms with Gasteiger partial charge in [0.1, 0.15) is 11.9 Å². The number of imidazole rings is 1. The summed E-state index contributed by atoms with van der Waals surface area (Å²) >= 11 is 5.96. The summed E-state index contributed by atoms with van der Waals surface area (Å²) in [6.45, 7) is 8.48. The molecule has 5 heteroatoms. The Balaban J connectivity index is 1.74. The molecule has 0 saturated heterocycles. The molecule has 0 aliphatic rings. The Kier molecular flexibility index (Phi) is 5.59. The zero-order valence-electron chi connectivity index (χ0n) is 18.2. The molecule has 0 aliphatic heterocycles. The number of aromatic nitrogens is 2. The largest absolute Gasteiger partial charge is 0.324 e. The number of nitrogens with one attached hydrogen (secondary N) is 1. The zero-order chi connectivity index (χ0) is 22.2. The molecule has 4 aromatic rings. The Hall–Kier alpha value is -3.11. The van der Waals surface area contributed by atoms with Crippen LogP contribution in [-0.2, 0) is 10.2 Å². The number of fused-ring (bicyclic) bond motifs is 1. The molecule has 31 heavy (non-hydrogen) atoms. The van der Waals surface area contributed by atoms with Crippen molar-refractivity contribution in [3.05, 3.63) is 83.4 Å². The predicted molar refractivity (Wildman–Crippen MR) is 129 cm³/mol. The van der Waals surface area contributed by atoms with Crippen molar-refractivity contribution in [1.82, 2.24) is 9.55 Å². The minimum absolute atomic E-state index is 0.0738. The van der Waals surface area contributed by atoms with Crippen LogP contribution in [0.4, 0.5) is 5.69 Å². The molecule has 0 aliphatic carbocycles. The minimum atomic E-state index is -0.458. The lowest BCUT2D eigenvalue weighted by molar-refractivity contribution is -0.118. The van der Waals surface area contributed by atoms with E-state index in [0.717, 1.165) is 22.4 Å². The van der Waals surface area contributed by atoms with E-state index in [9.17, 15) is 4.79 Å². The molecule has 1 atom stereocenters. The molecule has 4 rings (SSSR count). The van der Waals surface area contributed by atoms with Crippen molar-refractivity contribution in [2.45, 2.75) is 39.2 Å². The number of amides is 1. The molecule has 0 spiro atoms. The van der Waals surface area contributed by atoms with Gasteiger partial charge in [0, 0.05) is 16.3 Å². The highest BCUT2D eigenvalue weighted by atomic mass is 35.5. The van der Waals surface area contributed by atoms with Crippen molar-refractivity contribution in [2.24, 2.45) is 0 Å². The summed E-state index contributed by atoms with van der Waals surface area (Å²) in [5, 5.41) is 3.62. The molecule has 3 aromatic carbocycles. The number of benzene rings is 3. The third-order valence-electron chi connectivity index (χ3n) is 5.48. The highest BCUT2D eigenvalue weighted by molar-refractivity contribution is 6.30. The van der Waals surface area contributed by atoms with Crippen LogP contribution in [0.25, 0.3) is 22.4 Å². The van der Waals surface area contributed by atoms with Gasteiger partial charge in [0.2, 0.25) is 5.91 Å². The molecule has 0 saturated carbocycles. The average molecular weight is 432 g/mol. The molecule has 158 valence electrons. The maximum absolute atomic E-state index is 13.1. The lowest BCUT2D eigenvalue weighted by Crippen LogP contribution is -2.24. The van der Waals surface area contributed by atoms with Crippen LogP contribution in [0, 0.1) is 0 Å². The highest BCUT2D eigenvalue weighted by Gasteiger charge is 2.23. The SMILES string of the molecule is CC(C(=O)Nc1ccc(Cl)cc1)n1c(-c2ccc(C(C)(C)C)cc2)nc2ccccc21. The third-order valence-corrected chi connectivity index (χ3v) is 5.74. The summed E-state index contributed by atoms with van der Waals surface area (Å²) in [5.41, 5.74) is 4.81. The molecule has 1 aromatic heterocycles. The number of anilines is 1. The van der Waals surface area contributed by atoms with Gasteiger partial charge in [-0.3, -0.25) is 4.79 Å². The van der Waals surface area contributed by atoms with Crippen LogP contribution in [0.2, 0.25) is 5.02 Å². The topological polar surface area (TPSA) is 46.9 Å². The zero-order valence-corrected chi connectivity index (χ0v) is 18.9. The van der Waals surface area contributed by atoms with Crippen LogP contribution in [0.3, 0.4) is 0 Å². The molecular formula is C26H26ClN3O. The van der Waals surface area contributed by atoms with Gasteiger partial charge in [-0.05, 0) is 54.3 Å². The fraction of sp³-hybridized carbons (Fsp3) is 0.231. The Morgan fingerprint density at radius 3 is 2.26 bits per heavy atom. The second kappa shape index (κ2) is 8.20. The first kappa shape index (κ1) is 21.1. The fourth-order valence-corrected chi connectivity index (χ4v) is 3.78. The number of carbonyl (C=O) groups is 1. The van der Waals surface area contributed by atoms with Gasteiger partial charge < -0.3 is 9.88 Å². The van der Waals surface area contributed by atoms with Gasteiger partial charge in [-0.1, -0.05) is 68.8 Å². The lowest BCUT2D eigenvalue weighted by Gasteiger charge is -2.20. The summed E-state index contributed by atoms with van der Waals surface area (Å²) < 4.78 is 2.01. The second-order valence-electron chi connectivity index (χ2n) is 8.79. The maximum Gasteiger partial charge on any atom is 0.247 e. The fourth-order valence-electron chi connectivity index (χ4n) is 3.66. The van der Waals surface area contributed by atoms with Crippen LogP contribution in [0.5, 0.6) is 0 Å². The van der Waals surface area contributed by atoms with E-state index >= 15 is 0 Å². The molecule has 1 N–H and O–H groups in total. The monoisotopic (exact) mass is 431 g/mol. The van der Waals surface area contributed by atoms with Gasteiger partial charge in [-0.2, -0.15) is 0 Å². The van der Waals surface area contributed by atoms with Gasteiger partial charge in [-0.25, -0.2) is 4.98 Å². The van der Waals surface area contributed by atoms with Crippen LogP contribution >= 0.6 is 11.6 Å². The van der Waals surface area contributed by atoms with Gasteiger partial charge in [0.25, 0.3) is 0 Å². The van der Waals surface area contributed by atoms with Crippen molar-refractivity contribution in [1.29, 1.82) is 0 Å². The number of nitrogens with zero attached hydrogens (tertiary/aromatic N) is 2. The Morgan fingerprint density at radius 2 is 1.61 bits per heavy atom. The van der Waals surface area contributed by atoms with Gasteiger partial charge in [0.15, 0.2) is 0 Å². The predicted octanol–water partition coefficient (Wildman–Crippen LogP) is 6.85. The Labute approximate surface area is 187 Å². The van der Waals surface area contributed by atoms with E-state index in [1.165, 1.54) is 5.56 Å². The molecule has 1 heterocycles. The van der Waals surface area contributed by atoms with Crippen molar-refractivity contribution in [3.63, 3.8) is 0 Å². The maximum atomic E-state index is 13.1. The Morgan fingerprint density at radius 1 is 0.968 bits per heavy atom. The summed E-state index contributed by atoms with van der Waals surface area (Å²) in [6.07, 6.45) is 0. The van der Waals surface area contributed by atoms with Crippen molar-refractivity contribution in [2.75, 3.05) is 5.32 Å². The van der Waals surface area contributed by atoms with E-state index in [4.69, 9.17) is 16.6 Å². The average Bonchev–Trinajstić information content (AvgIpc) is 3.14. The molecule has 4 nitrogen and oxygen atoms in total. The second-order valence-corrected chi connectivity index (χ2v) is 9.23. The summed E-state index contributed by atoms with van der Waals surface area (Å²) in [7, 11) is 0. The van der Waals surface area contributed by atoms with Crippen LogP contribution in [0.15, 0.2) is 72.8 Å². The van der Waals surface area contributed by atoms with Crippen molar-refractivity contribution < 1.29 is 4.79 Å². The quantitative estimate of drug-likeness (QED) is 0.384. The minimum Gasteiger partial charge on any atom is -0.324 e. The van der Waals surface area contributed by atoms with Crippen LogP contribution < -0.4 is 5.32 Å². The van der Waals surface area contributed by atoms with Crippen molar-refractivity contribution >= 4 is 34.2 Å². The van der Waals surface area contributed by atoms with Gasteiger partial charge in [-0.15, -0.1) is 0 Å². The smallest absolute Gasteiger partial charge is 0.247 e. The molecule has 1 amide bonds. The van der Waals surface area contributed by atoms with E-state index in [1.807, 2.05) is 35.8 Å². The summed E-state index contributed by atoms with van der Waals surface area (Å²) in [4.78, 5) is 18.0. The molecule has 0 bridgehead atoms. The van der Waals surface area contributed by atoms with E-state index < -0.39 is 6.04 Å². The number of hydrogen-bond donors (Lipinski definition) is 1. The molecule has 0 fully saturated rings. The van der Waals surface area contributed by atoms with E-state index in [-0.39, 0.29) is 11.3 Å². The molecule has 0 radical (unpaired) electrons. The van der Waals surface area contributed by atoms with E-state index in [2.05, 4.69) is 50.4 Å². The molecular weight excluding hydrogens is 406 g/mol. The first-order valence-corrected chi connectivity index (χ1v) is 10.8. The first-order valence-electron chi connectivity index (χ1n) is 10.4. The molecule has 1 unspecified atom stereocenters. The third kappa shape index (κ3) is 4.35. The van der Waals surface area contributed by atoms with Gasteiger partial charge >= 0.3 is 0 Å². The number of carbonyl (C=O) groups excluding carboxylic acids is 1. The number of hydrogen-bond acceptors (Lipinski definition) is 2.